The quantitative estimate of drug-likeness (QED) is 0.406. The summed E-state index contributed by atoms with van der Waals surface area (Å²) in [4.78, 5) is 36.6. The van der Waals surface area contributed by atoms with Gasteiger partial charge in [-0.05, 0) is 44.2 Å². The number of anilines is 1. The number of aromatic nitrogens is 2. The van der Waals surface area contributed by atoms with Crippen LogP contribution in [0.25, 0.3) is 21.8 Å². The first kappa shape index (κ1) is 24.1. The van der Waals surface area contributed by atoms with E-state index in [9.17, 15) is 27.6 Å². The lowest BCUT2D eigenvalue weighted by Crippen LogP contribution is -2.33. The number of para-hydroxylation sites is 1. The highest BCUT2D eigenvalue weighted by Crippen LogP contribution is 2.31. The molecule has 2 aromatic heterocycles. The lowest BCUT2D eigenvalue weighted by atomic mass is 10.1. The van der Waals surface area contributed by atoms with E-state index < -0.39 is 41.8 Å². The van der Waals surface area contributed by atoms with Gasteiger partial charge in [0.25, 0.3) is 11.5 Å². The summed E-state index contributed by atoms with van der Waals surface area (Å²) in [7, 11) is 0. The summed E-state index contributed by atoms with van der Waals surface area (Å²) in [6, 6.07) is 14.7. The number of fused-ring (bicyclic) bond motifs is 3. The van der Waals surface area contributed by atoms with E-state index >= 15 is 0 Å². The third-order valence-electron chi connectivity index (χ3n) is 5.64. The van der Waals surface area contributed by atoms with E-state index in [1.54, 1.807) is 6.07 Å². The van der Waals surface area contributed by atoms with E-state index in [1.165, 1.54) is 6.92 Å². The number of carbonyl (C=O) groups is 2. The number of rotatable bonds is 6. The number of amides is 1. The Hall–Kier alpha value is -4.08. The van der Waals surface area contributed by atoms with Crippen molar-refractivity contribution in [3.05, 3.63) is 76.7 Å². The molecule has 0 unspecified atom stereocenters. The van der Waals surface area contributed by atoms with Crippen molar-refractivity contribution in [2.75, 3.05) is 5.32 Å². The normalized spacial score (nSPS) is 12.6. The van der Waals surface area contributed by atoms with Crippen molar-refractivity contribution in [1.82, 2.24) is 9.13 Å². The zero-order chi connectivity index (χ0) is 25.3. The molecule has 0 spiro atoms. The Morgan fingerprint density at radius 1 is 1.03 bits per heavy atom. The number of pyridine rings is 1. The van der Waals surface area contributed by atoms with Crippen molar-refractivity contribution < 1.29 is 27.5 Å². The first-order valence-electron chi connectivity index (χ1n) is 10.9. The molecule has 0 aliphatic heterocycles. The molecule has 7 nitrogen and oxygen atoms in total. The topological polar surface area (TPSA) is 82.3 Å². The minimum absolute atomic E-state index is 0.499. The monoisotopic (exact) mass is 485 g/mol. The average Bonchev–Trinajstić information content (AvgIpc) is 3.12. The van der Waals surface area contributed by atoms with Crippen molar-refractivity contribution in [3.8, 4) is 0 Å². The molecule has 1 amide bonds. The maximum absolute atomic E-state index is 12.9. The molecule has 2 heterocycles. The van der Waals surface area contributed by atoms with E-state index in [2.05, 4.69) is 9.88 Å². The molecule has 10 heteroatoms. The van der Waals surface area contributed by atoms with Crippen LogP contribution in [0, 0.1) is 0 Å². The van der Waals surface area contributed by atoms with Gasteiger partial charge in [-0.3, -0.25) is 14.4 Å². The molecule has 0 saturated heterocycles. The fraction of sp³-hybridized carbons (Fsp3) is 0.240. The number of nitrogens with zero attached hydrogens (tertiary/aromatic N) is 2. The number of benzene rings is 2. The maximum Gasteiger partial charge on any atom is 0.417 e. The lowest BCUT2D eigenvalue weighted by Gasteiger charge is -2.15. The maximum atomic E-state index is 12.9. The van der Waals surface area contributed by atoms with Gasteiger partial charge in [0.05, 0.1) is 5.56 Å². The highest BCUT2D eigenvalue weighted by molar-refractivity contribution is 6.10. The van der Waals surface area contributed by atoms with E-state index in [0.717, 1.165) is 34.4 Å². The van der Waals surface area contributed by atoms with Crippen molar-refractivity contribution in [2.45, 2.75) is 39.2 Å². The van der Waals surface area contributed by atoms with Crippen molar-refractivity contribution in [1.29, 1.82) is 0 Å². The van der Waals surface area contributed by atoms with Crippen molar-refractivity contribution in [3.63, 3.8) is 0 Å². The second kappa shape index (κ2) is 9.28. The molecule has 0 radical (unpaired) electrons. The largest absolute Gasteiger partial charge is 0.451 e. The van der Waals surface area contributed by atoms with Crippen LogP contribution in [0.3, 0.4) is 0 Å². The Morgan fingerprint density at radius 2 is 1.74 bits per heavy atom. The molecule has 182 valence electrons. The molecule has 0 aliphatic rings. The molecular formula is C25H22F3N3O4. The van der Waals surface area contributed by atoms with Gasteiger partial charge in [0.1, 0.15) is 6.54 Å². The van der Waals surface area contributed by atoms with Gasteiger partial charge in [0.15, 0.2) is 6.10 Å². The third kappa shape index (κ3) is 4.91. The second-order valence-corrected chi connectivity index (χ2v) is 8.00. The van der Waals surface area contributed by atoms with Crippen LogP contribution in [0.2, 0.25) is 0 Å². The Morgan fingerprint density at radius 3 is 2.46 bits per heavy atom. The van der Waals surface area contributed by atoms with Crippen molar-refractivity contribution >= 4 is 39.4 Å². The lowest BCUT2D eigenvalue weighted by molar-refractivity contribution is -0.154. The molecule has 0 fully saturated rings. The standard InChI is InChI=1S/C25H22F3N3O4/c1-3-31-20-7-5-4-6-18(20)19-12-17(9-10-21(19)31)29-24(34)15(2)35-23(33)14-30-13-16(25(26,27)28)8-11-22(30)32/h4-13,15H,3,14H2,1-2H3,(H,29,34)/t15-/m0/s1. The summed E-state index contributed by atoms with van der Waals surface area (Å²) < 4.78 is 46.4. The zero-order valence-corrected chi connectivity index (χ0v) is 18.9. The number of hydrogen-bond acceptors (Lipinski definition) is 4. The van der Waals surface area contributed by atoms with Crippen LogP contribution >= 0.6 is 0 Å². The van der Waals surface area contributed by atoms with Crippen LogP contribution in [0.5, 0.6) is 0 Å². The van der Waals surface area contributed by atoms with Gasteiger partial charge in [-0.15, -0.1) is 0 Å². The smallest absolute Gasteiger partial charge is 0.417 e. The third-order valence-corrected chi connectivity index (χ3v) is 5.64. The molecule has 35 heavy (non-hydrogen) atoms. The van der Waals surface area contributed by atoms with Gasteiger partial charge in [0.2, 0.25) is 0 Å². The number of hydrogen-bond donors (Lipinski definition) is 1. The molecule has 0 aliphatic carbocycles. The SMILES string of the molecule is CCn1c2ccccc2c2cc(NC(=O)[C@H](C)OC(=O)Cn3cc(C(F)(F)F)ccc3=O)ccc21. The summed E-state index contributed by atoms with van der Waals surface area (Å²) in [5.74, 6) is -1.64. The fourth-order valence-electron chi connectivity index (χ4n) is 3.97. The van der Waals surface area contributed by atoms with Gasteiger partial charge in [-0.25, -0.2) is 0 Å². The highest BCUT2D eigenvalue weighted by Gasteiger charge is 2.31. The van der Waals surface area contributed by atoms with E-state index in [4.69, 9.17) is 4.74 Å². The number of nitrogens with one attached hydrogen (secondary N) is 1. The van der Waals surface area contributed by atoms with Gasteiger partial charge < -0.3 is 19.2 Å². The van der Waals surface area contributed by atoms with Gasteiger partial charge in [-0.2, -0.15) is 13.2 Å². The predicted molar refractivity (Wildman–Crippen MR) is 125 cm³/mol. The minimum atomic E-state index is -4.67. The summed E-state index contributed by atoms with van der Waals surface area (Å²) in [5.41, 5.74) is 0.707. The second-order valence-electron chi connectivity index (χ2n) is 8.00. The van der Waals surface area contributed by atoms with Crippen LogP contribution in [-0.2, 0) is 33.6 Å². The number of halogens is 3. The Balaban J connectivity index is 1.46. The molecule has 2 aromatic carbocycles. The molecular weight excluding hydrogens is 463 g/mol. The minimum Gasteiger partial charge on any atom is -0.451 e. The van der Waals surface area contributed by atoms with E-state index in [-0.39, 0.29) is 0 Å². The fourth-order valence-corrected chi connectivity index (χ4v) is 3.97. The highest BCUT2D eigenvalue weighted by atomic mass is 19.4. The summed E-state index contributed by atoms with van der Waals surface area (Å²) >= 11 is 0. The number of aryl methyl sites for hydroxylation is 1. The van der Waals surface area contributed by atoms with Crippen LogP contribution in [-0.4, -0.2) is 27.1 Å². The van der Waals surface area contributed by atoms with Crippen LogP contribution in [0.15, 0.2) is 65.6 Å². The predicted octanol–water partition coefficient (Wildman–Crippen LogP) is 4.57. The molecule has 4 rings (SSSR count). The summed E-state index contributed by atoms with van der Waals surface area (Å²) in [5, 5.41) is 4.68. The van der Waals surface area contributed by atoms with Gasteiger partial charge in [-0.1, -0.05) is 18.2 Å². The Kier molecular flexibility index (Phi) is 6.38. The molecule has 4 aromatic rings. The first-order chi connectivity index (χ1) is 16.6. The van der Waals surface area contributed by atoms with E-state index in [0.29, 0.717) is 22.5 Å². The van der Waals surface area contributed by atoms with Crippen LogP contribution in [0.1, 0.15) is 19.4 Å². The van der Waals surface area contributed by atoms with Gasteiger partial charge in [0, 0.05) is 46.3 Å². The number of carbonyl (C=O) groups excluding carboxylic acids is 2. The summed E-state index contributed by atoms with van der Waals surface area (Å²) in [6.07, 6.45) is -5.37. The van der Waals surface area contributed by atoms with Crippen LogP contribution in [0.4, 0.5) is 18.9 Å². The Labute approximate surface area is 197 Å². The molecule has 0 saturated carbocycles. The van der Waals surface area contributed by atoms with E-state index in [1.807, 2.05) is 43.3 Å². The summed E-state index contributed by atoms with van der Waals surface area (Å²) in [6.45, 7) is 3.40. The molecule has 1 atom stereocenters. The average molecular weight is 485 g/mol. The van der Waals surface area contributed by atoms with Crippen molar-refractivity contribution in [2.24, 2.45) is 0 Å². The molecule has 0 bridgehead atoms. The molecule has 1 N–H and O–H groups in total. The number of alkyl halides is 3. The zero-order valence-electron chi connectivity index (χ0n) is 18.9. The number of esters is 1. The first-order valence-corrected chi connectivity index (χ1v) is 10.9. The van der Waals surface area contributed by atoms with Crippen LogP contribution < -0.4 is 10.9 Å². The van der Waals surface area contributed by atoms with Gasteiger partial charge >= 0.3 is 12.1 Å². The number of ether oxygens (including phenoxy) is 1. The Bertz CT molecular complexity index is 1490.